The molecule has 0 aromatic rings. The molecule has 0 aromatic carbocycles. The fourth-order valence-electron chi connectivity index (χ4n) is 0.0890. The highest BCUT2D eigenvalue weighted by Crippen LogP contribution is 2.00. The third-order valence-corrected chi connectivity index (χ3v) is 2.09. The molecule has 0 unspecified atom stereocenters. The Kier molecular flexibility index (Phi) is 2.30. The molecule has 0 rings (SSSR count). The first-order valence-electron chi connectivity index (χ1n) is 1.78. The van der Waals surface area contributed by atoms with E-state index in [9.17, 15) is 8.42 Å². The van der Waals surface area contributed by atoms with Crippen molar-refractivity contribution >= 4 is 19.9 Å². The van der Waals surface area contributed by atoms with Gasteiger partial charge in [0.25, 0.3) is 0 Å². The van der Waals surface area contributed by atoms with Crippen LogP contribution in [0.3, 0.4) is 0 Å². The van der Waals surface area contributed by atoms with Gasteiger partial charge in [-0.25, -0.2) is 0 Å². The Hall–Kier alpha value is -0.220. The Morgan fingerprint density at radius 3 is 2.12 bits per heavy atom. The first kappa shape index (κ1) is 7.78. The lowest BCUT2D eigenvalue weighted by molar-refractivity contribution is 0.556. The first-order valence-corrected chi connectivity index (χ1v) is 4.05. The van der Waals surface area contributed by atoms with E-state index in [4.69, 9.17) is 10.7 Å². The van der Waals surface area contributed by atoms with Crippen molar-refractivity contribution in [3.8, 4) is 0 Å². The van der Waals surface area contributed by atoms with Gasteiger partial charge in [0, 0.05) is 23.9 Å². The predicted molar refractivity (Wildman–Crippen MR) is 32.7 cm³/mol. The minimum Gasteiger partial charge on any atom is -0.268 e. The van der Waals surface area contributed by atoms with Gasteiger partial charge in [-0.2, -0.15) is 8.42 Å². The molecule has 5 heteroatoms. The molecule has 8 heavy (non-hydrogen) atoms. The minimum absolute atomic E-state index is 0.814. The molecule has 0 spiro atoms. The van der Waals surface area contributed by atoms with Gasteiger partial charge >= 0.3 is 9.24 Å². The first-order chi connectivity index (χ1) is 3.48. The zero-order chi connectivity index (χ0) is 6.78. The molecule has 0 amide bonds. The van der Waals surface area contributed by atoms with Crippen LogP contribution in [-0.4, -0.2) is 19.8 Å². The lowest BCUT2D eigenvalue weighted by Crippen LogP contribution is -2.13. The van der Waals surface area contributed by atoms with Gasteiger partial charge in [-0.05, 0) is 0 Å². The summed E-state index contributed by atoms with van der Waals surface area (Å²) in [6.45, 7) is 3.19. The summed E-state index contributed by atoms with van der Waals surface area (Å²) < 4.78 is 21.2. The summed E-state index contributed by atoms with van der Waals surface area (Å²) in [5.74, 6) is 0. The highest BCUT2D eigenvalue weighted by molar-refractivity contribution is 8.11. The Bertz CT molecular complexity index is 174. The number of halogens is 1. The largest absolute Gasteiger partial charge is 0.320 e. The Morgan fingerprint density at radius 2 is 2.12 bits per heavy atom. The molecule has 3 nitrogen and oxygen atoms in total. The number of nitrogens with zero attached hydrogens (tertiary/aromatic N) is 1. The van der Waals surface area contributed by atoms with E-state index >= 15 is 0 Å². The highest BCUT2D eigenvalue weighted by Gasteiger charge is 2.05. The fourth-order valence-corrected chi connectivity index (χ4v) is 0.436. The van der Waals surface area contributed by atoms with E-state index in [-0.39, 0.29) is 0 Å². The molecule has 0 aliphatic carbocycles. The molecule has 0 saturated carbocycles. The lowest BCUT2D eigenvalue weighted by Gasteiger charge is -2.05. The molecule has 0 aliphatic heterocycles. The maximum absolute atomic E-state index is 10.2. The van der Waals surface area contributed by atoms with Crippen molar-refractivity contribution in [3.05, 3.63) is 12.8 Å². The second-order valence-electron chi connectivity index (χ2n) is 1.14. The highest BCUT2D eigenvalue weighted by atomic mass is 35.7. The molecule has 0 saturated heterocycles. The van der Waals surface area contributed by atoms with Gasteiger partial charge in [0.2, 0.25) is 0 Å². The Morgan fingerprint density at radius 1 is 1.75 bits per heavy atom. The topological polar surface area (TPSA) is 37.4 Å². The van der Waals surface area contributed by atoms with Crippen LogP contribution in [0.5, 0.6) is 0 Å². The quantitative estimate of drug-likeness (QED) is 0.546. The summed E-state index contributed by atoms with van der Waals surface area (Å²) in [4.78, 5) is 0. The molecule has 0 atom stereocenters. The maximum atomic E-state index is 10.2. The van der Waals surface area contributed by atoms with Gasteiger partial charge in [0.15, 0.2) is 0 Å². The summed E-state index contributed by atoms with van der Waals surface area (Å²) in [5, 5.41) is 0. The predicted octanol–water partition coefficient (Wildman–Crippen LogP) is 0.545. The van der Waals surface area contributed by atoms with Crippen molar-refractivity contribution in [2.75, 3.05) is 7.05 Å². The normalized spacial score (nSPS) is 10.8. The molecule has 48 valence electrons. The zero-order valence-corrected chi connectivity index (χ0v) is 5.91. The second kappa shape index (κ2) is 2.37. The molecule has 0 bridgehead atoms. The van der Waals surface area contributed by atoms with Crippen LogP contribution in [-0.2, 0) is 9.24 Å². The van der Waals surface area contributed by atoms with Gasteiger partial charge in [-0.3, -0.25) is 4.31 Å². The van der Waals surface area contributed by atoms with Crippen LogP contribution < -0.4 is 0 Å². The summed E-state index contributed by atoms with van der Waals surface area (Å²) in [6, 6.07) is 0. The van der Waals surface area contributed by atoms with E-state index in [2.05, 4.69) is 6.58 Å². The van der Waals surface area contributed by atoms with E-state index in [1.54, 1.807) is 0 Å². The van der Waals surface area contributed by atoms with Crippen LogP contribution in [0, 0.1) is 0 Å². The van der Waals surface area contributed by atoms with Crippen molar-refractivity contribution in [2.45, 2.75) is 0 Å². The van der Waals surface area contributed by atoms with E-state index in [1.165, 1.54) is 7.05 Å². The Labute approximate surface area is 53.1 Å². The van der Waals surface area contributed by atoms with Gasteiger partial charge in [0.1, 0.15) is 0 Å². The van der Waals surface area contributed by atoms with Crippen molar-refractivity contribution < 1.29 is 8.42 Å². The zero-order valence-electron chi connectivity index (χ0n) is 4.33. The number of hydrogen-bond acceptors (Lipinski definition) is 2. The van der Waals surface area contributed by atoms with Crippen LogP contribution in [0.2, 0.25) is 0 Å². The molecule has 0 heterocycles. The monoisotopic (exact) mass is 155 g/mol. The van der Waals surface area contributed by atoms with Crippen molar-refractivity contribution in [1.82, 2.24) is 4.31 Å². The van der Waals surface area contributed by atoms with Crippen LogP contribution in [0.1, 0.15) is 0 Å². The summed E-state index contributed by atoms with van der Waals surface area (Å²) in [7, 11) is 2.55. The maximum Gasteiger partial charge on any atom is 0.320 e. The lowest BCUT2D eigenvalue weighted by atomic mass is 11.0. The van der Waals surface area contributed by atoms with Gasteiger partial charge in [-0.1, -0.05) is 6.58 Å². The molecule has 0 fully saturated rings. The molecule has 0 aliphatic rings. The average molecular weight is 156 g/mol. The van der Waals surface area contributed by atoms with Gasteiger partial charge < -0.3 is 0 Å². The molecular formula is C3H6ClNO2S. The van der Waals surface area contributed by atoms with Crippen molar-refractivity contribution in [3.63, 3.8) is 0 Å². The molecular weight excluding hydrogens is 150 g/mol. The van der Waals surface area contributed by atoms with E-state index in [1.807, 2.05) is 0 Å². The van der Waals surface area contributed by atoms with Gasteiger partial charge in [0.05, 0.1) is 0 Å². The van der Waals surface area contributed by atoms with Crippen LogP contribution in [0.15, 0.2) is 12.8 Å². The second-order valence-corrected chi connectivity index (χ2v) is 3.71. The smallest absolute Gasteiger partial charge is 0.268 e. The van der Waals surface area contributed by atoms with Crippen LogP contribution in [0.4, 0.5) is 0 Å². The summed E-state index contributed by atoms with van der Waals surface area (Å²) in [6.07, 6.45) is 1.11. The third kappa shape index (κ3) is 2.18. The SMILES string of the molecule is C=CN(C)S(=O)(=O)Cl. The fraction of sp³-hybridized carbons (Fsp3) is 0.333. The van der Waals surface area contributed by atoms with Crippen LogP contribution >= 0.6 is 10.7 Å². The van der Waals surface area contributed by atoms with E-state index in [0.717, 1.165) is 10.5 Å². The molecule has 0 N–H and O–H groups in total. The molecule has 0 aromatic heterocycles. The van der Waals surface area contributed by atoms with Crippen molar-refractivity contribution in [1.29, 1.82) is 0 Å². The van der Waals surface area contributed by atoms with Gasteiger partial charge in [-0.15, -0.1) is 0 Å². The van der Waals surface area contributed by atoms with Crippen molar-refractivity contribution in [2.24, 2.45) is 0 Å². The Balaban J connectivity index is 4.26. The van der Waals surface area contributed by atoms with E-state index in [0.29, 0.717) is 0 Å². The average Bonchev–Trinajstić information content (AvgIpc) is 1.62. The minimum atomic E-state index is -3.57. The molecule has 0 radical (unpaired) electrons. The summed E-state index contributed by atoms with van der Waals surface area (Å²) in [5.41, 5.74) is 0. The third-order valence-electron chi connectivity index (χ3n) is 0.601. The summed E-state index contributed by atoms with van der Waals surface area (Å²) >= 11 is 0. The van der Waals surface area contributed by atoms with Crippen LogP contribution in [0.25, 0.3) is 0 Å². The standard InChI is InChI=1S/C3H6ClNO2S/c1-3-5(2)8(4,6)7/h3H,1H2,2H3. The number of rotatable bonds is 2. The number of hydrogen-bond donors (Lipinski definition) is 0. The van der Waals surface area contributed by atoms with E-state index < -0.39 is 9.24 Å².